The van der Waals surface area contributed by atoms with E-state index in [0.29, 0.717) is 12.1 Å². The van der Waals surface area contributed by atoms with E-state index >= 15 is 0 Å². The van der Waals surface area contributed by atoms with Gasteiger partial charge in [-0.05, 0) is 56.4 Å². The molecule has 0 spiro atoms. The molecule has 1 heteroatoms. The van der Waals surface area contributed by atoms with Crippen LogP contribution in [0.4, 0.5) is 0 Å². The highest BCUT2D eigenvalue weighted by atomic mass is 14.9. The van der Waals surface area contributed by atoms with Gasteiger partial charge in [0.1, 0.15) is 0 Å². The van der Waals surface area contributed by atoms with E-state index in [1.807, 2.05) is 0 Å². The SMILES string of the molecule is CC(NC(C)C1CC2CCC1C2)c1ccccc1. The predicted octanol–water partition coefficient (Wildman–Crippen LogP) is 4.16. The zero-order valence-electron chi connectivity index (χ0n) is 11.6. The standard InChI is InChI=1S/C17H25N/c1-12(15-6-4-3-5-7-15)18-13(2)17-11-14-8-9-16(17)10-14/h3-7,12-14,16-18H,8-11H2,1-2H3. The topological polar surface area (TPSA) is 12.0 Å². The van der Waals surface area contributed by atoms with Crippen molar-refractivity contribution in [1.82, 2.24) is 5.32 Å². The van der Waals surface area contributed by atoms with Gasteiger partial charge in [-0.15, -0.1) is 0 Å². The largest absolute Gasteiger partial charge is 0.307 e. The molecule has 0 saturated heterocycles. The predicted molar refractivity (Wildman–Crippen MR) is 76.4 cm³/mol. The lowest BCUT2D eigenvalue weighted by atomic mass is 9.83. The van der Waals surface area contributed by atoms with Crippen LogP contribution < -0.4 is 5.32 Å². The number of nitrogens with one attached hydrogen (secondary N) is 1. The average Bonchev–Trinajstić information content (AvgIpc) is 3.02. The molecule has 0 amide bonds. The van der Waals surface area contributed by atoms with Crippen molar-refractivity contribution in [2.24, 2.45) is 17.8 Å². The molecule has 2 aliphatic rings. The van der Waals surface area contributed by atoms with Gasteiger partial charge in [-0.2, -0.15) is 0 Å². The zero-order valence-corrected chi connectivity index (χ0v) is 11.6. The Labute approximate surface area is 111 Å². The third-order valence-electron chi connectivity index (χ3n) is 5.25. The Bertz CT molecular complexity index is 386. The molecule has 98 valence electrons. The average molecular weight is 243 g/mol. The minimum Gasteiger partial charge on any atom is -0.307 e. The van der Waals surface area contributed by atoms with Crippen LogP contribution in [0.3, 0.4) is 0 Å². The second-order valence-electron chi connectivity index (χ2n) is 6.43. The minimum atomic E-state index is 0.473. The van der Waals surface area contributed by atoms with Crippen molar-refractivity contribution in [3.05, 3.63) is 35.9 Å². The highest BCUT2D eigenvalue weighted by Gasteiger charge is 2.41. The van der Waals surface area contributed by atoms with Gasteiger partial charge in [-0.1, -0.05) is 36.8 Å². The molecule has 1 aromatic rings. The van der Waals surface area contributed by atoms with Crippen LogP contribution in [0.1, 0.15) is 51.1 Å². The van der Waals surface area contributed by atoms with Gasteiger partial charge in [0.2, 0.25) is 0 Å². The van der Waals surface area contributed by atoms with E-state index in [1.54, 1.807) is 0 Å². The Morgan fingerprint density at radius 3 is 2.44 bits per heavy atom. The first-order valence-electron chi connectivity index (χ1n) is 7.55. The zero-order chi connectivity index (χ0) is 12.5. The van der Waals surface area contributed by atoms with E-state index in [2.05, 4.69) is 49.5 Å². The molecular formula is C17H25N. The molecule has 1 nitrogen and oxygen atoms in total. The van der Waals surface area contributed by atoms with Crippen LogP contribution in [0.15, 0.2) is 30.3 Å². The lowest BCUT2D eigenvalue weighted by Crippen LogP contribution is -2.37. The van der Waals surface area contributed by atoms with Gasteiger partial charge in [-0.25, -0.2) is 0 Å². The maximum absolute atomic E-state index is 3.82. The number of benzene rings is 1. The van der Waals surface area contributed by atoms with Gasteiger partial charge in [0.15, 0.2) is 0 Å². The van der Waals surface area contributed by atoms with Crippen LogP contribution in [0.5, 0.6) is 0 Å². The van der Waals surface area contributed by atoms with E-state index in [0.717, 1.165) is 17.8 Å². The van der Waals surface area contributed by atoms with Crippen LogP contribution >= 0.6 is 0 Å². The van der Waals surface area contributed by atoms with E-state index in [9.17, 15) is 0 Å². The summed E-state index contributed by atoms with van der Waals surface area (Å²) in [5.74, 6) is 2.99. The fraction of sp³-hybridized carbons (Fsp3) is 0.647. The second-order valence-corrected chi connectivity index (χ2v) is 6.43. The molecule has 2 fully saturated rings. The van der Waals surface area contributed by atoms with Crippen LogP contribution in [0, 0.1) is 17.8 Å². The van der Waals surface area contributed by atoms with Gasteiger partial charge in [0.25, 0.3) is 0 Å². The Kier molecular flexibility index (Phi) is 3.43. The van der Waals surface area contributed by atoms with Gasteiger partial charge in [0.05, 0.1) is 0 Å². The Morgan fingerprint density at radius 1 is 1.06 bits per heavy atom. The minimum absolute atomic E-state index is 0.473. The number of rotatable bonds is 4. The maximum Gasteiger partial charge on any atom is 0.0294 e. The molecule has 0 heterocycles. The highest BCUT2D eigenvalue weighted by Crippen LogP contribution is 2.49. The highest BCUT2D eigenvalue weighted by molar-refractivity contribution is 5.18. The molecule has 0 aromatic heterocycles. The Morgan fingerprint density at radius 2 is 1.83 bits per heavy atom. The maximum atomic E-state index is 3.82. The van der Waals surface area contributed by atoms with Crippen molar-refractivity contribution in [3.63, 3.8) is 0 Å². The molecular weight excluding hydrogens is 218 g/mol. The third-order valence-corrected chi connectivity index (χ3v) is 5.25. The lowest BCUT2D eigenvalue weighted by molar-refractivity contribution is 0.248. The lowest BCUT2D eigenvalue weighted by Gasteiger charge is -2.31. The van der Waals surface area contributed by atoms with Crippen LogP contribution in [0.25, 0.3) is 0 Å². The first-order chi connectivity index (χ1) is 8.74. The molecule has 3 rings (SSSR count). The number of hydrogen-bond donors (Lipinski definition) is 1. The Balaban J connectivity index is 1.59. The molecule has 1 N–H and O–H groups in total. The molecule has 5 atom stereocenters. The van der Waals surface area contributed by atoms with Gasteiger partial charge >= 0.3 is 0 Å². The second kappa shape index (κ2) is 5.05. The fourth-order valence-electron chi connectivity index (χ4n) is 4.26. The summed E-state index contributed by atoms with van der Waals surface area (Å²) in [5, 5.41) is 3.82. The quantitative estimate of drug-likeness (QED) is 0.837. The molecule has 18 heavy (non-hydrogen) atoms. The number of hydrogen-bond acceptors (Lipinski definition) is 1. The van der Waals surface area contributed by atoms with E-state index in [1.165, 1.54) is 31.2 Å². The smallest absolute Gasteiger partial charge is 0.0294 e. The summed E-state index contributed by atoms with van der Waals surface area (Å²) in [6.45, 7) is 4.68. The van der Waals surface area contributed by atoms with Gasteiger partial charge in [-0.3, -0.25) is 0 Å². The molecule has 2 aliphatic carbocycles. The first-order valence-corrected chi connectivity index (χ1v) is 7.55. The normalized spacial score (nSPS) is 33.6. The molecule has 0 aliphatic heterocycles. The summed E-state index contributed by atoms with van der Waals surface area (Å²) in [5.41, 5.74) is 1.41. The fourth-order valence-corrected chi connectivity index (χ4v) is 4.26. The van der Waals surface area contributed by atoms with E-state index in [-0.39, 0.29) is 0 Å². The van der Waals surface area contributed by atoms with Crippen molar-refractivity contribution in [3.8, 4) is 0 Å². The van der Waals surface area contributed by atoms with Crippen molar-refractivity contribution >= 4 is 0 Å². The summed E-state index contributed by atoms with van der Waals surface area (Å²) in [6.07, 6.45) is 5.97. The van der Waals surface area contributed by atoms with Crippen molar-refractivity contribution in [1.29, 1.82) is 0 Å². The van der Waals surface area contributed by atoms with Crippen molar-refractivity contribution in [2.45, 2.75) is 51.6 Å². The molecule has 2 saturated carbocycles. The molecule has 1 aromatic carbocycles. The van der Waals surface area contributed by atoms with Crippen molar-refractivity contribution in [2.75, 3.05) is 0 Å². The van der Waals surface area contributed by atoms with E-state index < -0.39 is 0 Å². The third kappa shape index (κ3) is 2.33. The summed E-state index contributed by atoms with van der Waals surface area (Å²) in [4.78, 5) is 0. The van der Waals surface area contributed by atoms with Crippen LogP contribution in [0.2, 0.25) is 0 Å². The molecule has 2 bridgehead atoms. The van der Waals surface area contributed by atoms with Crippen molar-refractivity contribution < 1.29 is 0 Å². The monoisotopic (exact) mass is 243 g/mol. The Hall–Kier alpha value is -0.820. The summed E-state index contributed by atoms with van der Waals surface area (Å²) >= 11 is 0. The van der Waals surface area contributed by atoms with Gasteiger partial charge in [0, 0.05) is 12.1 Å². The molecule has 0 radical (unpaired) electrons. The first kappa shape index (κ1) is 12.2. The van der Waals surface area contributed by atoms with Crippen LogP contribution in [-0.2, 0) is 0 Å². The number of fused-ring (bicyclic) bond motifs is 2. The summed E-state index contributed by atoms with van der Waals surface area (Å²) in [6, 6.07) is 12.0. The van der Waals surface area contributed by atoms with Gasteiger partial charge < -0.3 is 5.32 Å². The molecule has 5 unspecified atom stereocenters. The summed E-state index contributed by atoms with van der Waals surface area (Å²) in [7, 11) is 0. The van der Waals surface area contributed by atoms with E-state index in [4.69, 9.17) is 0 Å². The summed E-state index contributed by atoms with van der Waals surface area (Å²) < 4.78 is 0. The van der Waals surface area contributed by atoms with Crippen LogP contribution in [-0.4, -0.2) is 6.04 Å².